The molecule has 0 heterocycles. The van der Waals surface area contributed by atoms with E-state index >= 15 is 0 Å². The van der Waals surface area contributed by atoms with Gasteiger partial charge < -0.3 is 28.5 Å². The third-order valence-corrected chi connectivity index (χ3v) is 15.3. The van der Waals surface area contributed by atoms with Crippen LogP contribution in [0.2, 0.25) is 0 Å². The largest absolute Gasteiger partial charge is 0.756 e. The average molecular weight is 1180 g/mol. The van der Waals surface area contributed by atoms with Crippen LogP contribution in [0.15, 0.2) is 122 Å². The number of phosphoric acid groups is 1. The highest BCUT2D eigenvalue weighted by Crippen LogP contribution is 2.38. The maximum Gasteiger partial charge on any atom is 0.306 e. The number of nitrogens with one attached hydrogen (secondary N) is 1. The summed E-state index contributed by atoms with van der Waals surface area (Å²) in [4.78, 5) is 40.2. The molecule has 0 fully saturated rings. The van der Waals surface area contributed by atoms with Gasteiger partial charge in [-0.1, -0.05) is 265 Å². The lowest BCUT2D eigenvalue weighted by Crippen LogP contribution is -2.47. The lowest BCUT2D eigenvalue weighted by atomic mass is 10.0. The van der Waals surface area contributed by atoms with Crippen molar-refractivity contribution >= 4 is 19.7 Å². The standard InChI is InChI=1S/C73H127N2O7P/c1-7-10-13-16-19-22-25-28-30-32-34-36-37-39-41-43-45-48-51-54-57-60-63-66-73(77)82-71(64-61-58-55-52-49-46-27-24-21-18-15-12-9-3)70(69-81-83(78,79)80-68-67-75(4,5)6)74-72(76)65-62-59-56-53-50-47-44-42-40-38-35-33-31-29-26-23-20-17-14-11-8-2/h10,13,19-20,22-23,28-31,34-36,38-39,41-42,44,61,64,70-71H,7-9,11-12,14-18,21,24-27,32-33,37,40,43,45-60,62-63,65-69H2,1-6H3,(H-,74,76,78,79)/b13-10-,22-19-,23-20-,30-28-,31-29-,36-34-,38-35-,41-39-,44-42-,64-61+. The zero-order valence-electron chi connectivity index (χ0n) is 54.4. The third-order valence-electron chi connectivity index (χ3n) is 14.4. The van der Waals surface area contributed by atoms with Crippen molar-refractivity contribution in [2.45, 2.75) is 290 Å². The first kappa shape index (κ1) is 79.4. The van der Waals surface area contributed by atoms with E-state index in [1.807, 2.05) is 33.3 Å². The van der Waals surface area contributed by atoms with E-state index in [4.69, 9.17) is 13.8 Å². The van der Waals surface area contributed by atoms with Gasteiger partial charge in [-0.05, 0) is 122 Å². The minimum atomic E-state index is -4.72. The summed E-state index contributed by atoms with van der Waals surface area (Å²) in [6, 6.07) is -0.913. The minimum absolute atomic E-state index is 0.0345. The Hall–Kier alpha value is -3.59. The number of quaternary nitrogens is 1. The molecule has 0 aromatic rings. The predicted octanol–water partition coefficient (Wildman–Crippen LogP) is 20.8. The topological polar surface area (TPSA) is 114 Å². The van der Waals surface area contributed by atoms with Gasteiger partial charge in [0.05, 0.1) is 33.8 Å². The fourth-order valence-electron chi connectivity index (χ4n) is 9.18. The van der Waals surface area contributed by atoms with Crippen molar-refractivity contribution in [2.24, 2.45) is 0 Å². The average Bonchev–Trinajstić information content (AvgIpc) is 3.47. The molecule has 83 heavy (non-hydrogen) atoms. The van der Waals surface area contributed by atoms with Crippen molar-refractivity contribution in [3.8, 4) is 0 Å². The van der Waals surface area contributed by atoms with Crippen LogP contribution in [0.25, 0.3) is 0 Å². The molecule has 476 valence electrons. The molecule has 0 spiro atoms. The van der Waals surface area contributed by atoms with Crippen molar-refractivity contribution in [3.05, 3.63) is 122 Å². The van der Waals surface area contributed by atoms with Gasteiger partial charge in [0.25, 0.3) is 7.82 Å². The van der Waals surface area contributed by atoms with Gasteiger partial charge >= 0.3 is 5.97 Å². The van der Waals surface area contributed by atoms with Crippen molar-refractivity contribution in [1.29, 1.82) is 0 Å². The van der Waals surface area contributed by atoms with Crippen LogP contribution >= 0.6 is 7.82 Å². The van der Waals surface area contributed by atoms with Crippen LogP contribution in [0.1, 0.15) is 278 Å². The summed E-state index contributed by atoms with van der Waals surface area (Å²) in [5.74, 6) is -0.578. The summed E-state index contributed by atoms with van der Waals surface area (Å²) >= 11 is 0. The van der Waals surface area contributed by atoms with E-state index < -0.39 is 26.6 Å². The van der Waals surface area contributed by atoms with Crippen LogP contribution in [0.4, 0.5) is 0 Å². The van der Waals surface area contributed by atoms with E-state index in [9.17, 15) is 19.0 Å². The molecule has 0 aromatic carbocycles. The molecule has 0 radical (unpaired) electrons. The molecule has 3 atom stereocenters. The Labute approximate surface area is 512 Å². The van der Waals surface area contributed by atoms with Gasteiger partial charge in [0.2, 0.25) is 5.91 Å². The molecule has 0 aliphatic rings. The van der Waals surface area contributed by atoms with Gasteiger partial charge in [-0.3, -0.25) is 14.2 Å². The lowest BCUT2D eigenvalue weighted by molar-refractivity contribution is -0.870. The molecular weight excluding hydrogens is 1050 g/mol. The van der Waals surface area contributed by atoms with Gasteiger partial charge in [-0.25, -0.2) is 0 Å². The van der Waals surface area contributed by atoms with Crippen molar-refractivity contribution < 1.29 is 37.3 Å². The summed E-state index contributed by atoms with van der Waals surface area (Å²) in [5.41, 5.74) is 0. The van der Waals surface area contributed by atoms with Crippen LogP contribution in [-0.4, -0.2) is 69.4 Å². The molecule has 1 amide bonds. The highest BCUT2D eigenvalue weighted by atomic mass is 31.2. The van der Waals surface area contributed by atoms with Crippen molar-refractivity contribution in [3.63, 3.8) is 0 Å². The van der Waals surface area contributed by atoms with E-state index in [1.54, 1.807) is 0 Å². The van der Waals surface area contributed by atoms with Gasteiger partial charge in [0.1, 0.15) is 19.3 Å². The second-order valence-corrected chi connectivity index (χ2v) is 25.0. The fraction of sp³-hybridized carbons (Fsp3) is 0.699. The smallest absolute Gasteiger partial charge is 0.306 e. The zero-order chi connectivity index (χ0) is 60.7. The molecule has 0 bridgehead atoms. The highest BCUT2D eigenvalue weighted by Gasteiger charge is 2.27. The van der Waals surface area contributed by atoms with E-state index in [-0.39, 0.29) is 31.3 Å². The highest BCUT2D eigenvalue weighted by molar-refractivity contribution is 7.45. The lowest BCUT2D eigenvalue weighted by Gasteiger charge is -2.30. The molecule has 0 aliphatic carbocycles. The molecule has 10 heteroatoms. The van der Waals surface area contributed by atoms with E-state index in [0.29, 0.717) is 23.9 Å². The molecule has 3 unspecified atom stereocenters. The number of allylic oxidation sites excluding steroid dienone is 19. The second-order valence-electron chi connectivity index (χ2n) is 23.6. The molecule has 1 N–H and O–H groups in total. The molecule has 9 nitrogen and oxygen atoms in total. The Kier molecular flexibility index (Phi) is 58.8. The van der Waals surface area contributed by atoms with Crippen molar-refractivity contribution in [1.82, 2.24) is 5.32 Å². The summed E-state index contributed by atoms with van der Waals surface area (Å²) in [5, 5.41) is 3.02. The van der Waals surface area contributed by atoms with Gasteiger partial charge in [-0.2, -0.15) is 0 Å². The zero-order valence-corrected chi connectivity index (χ0v) is 55.3. The number of esters is 1. The summed E-state index contributed by atoms with van der Waals surface area (Å²) in [6.45, 7) is 6.68. The van der Waals surface area contributed by atoms with Gasteiger partial charge in [-0.15, -0.1) is 0 Å². The molecule has 0 aromatic heterocycles. The number of amides is 1. The van der Waals surface area contributed by atoms with E-state index in [0.717, 1.165) is 128 Å². The first-order chi connectivity index (χ1) is 40.4. The van der Waals surface area contributed by atoms with Crippen LogP contribution in [0.3, 0.4) is 0 Å². The molecule has 0 rings (SSSR count). The Balaban J connectivity index is 5.27. The molecule has 0 saturated heterocycles. The first-order valence-electron chi connectivity index (χ1n) is 33.8. The summed E-state index contributed by atoms with van der Waals surface area (Å²) in [6.07, 6.45) is 85.9. The Morgan fingerprint density at radius 2 is 0.771 bits per heavy atom. The third kappa shape index (κ3) is 62.8. The van der Waals surface area contributed by atoms with Crippen LogP contribution < -0.4 is 10.2 Å². The van der Waals surface area contributed by atoms with Crippen LogP contribution in [0.5, 0.6) is 0 Å². The SMILES string of the molecule is CC/C=C\C/C=C\C/C=C\C/C=C\C/C=C\CCCCCCCCCC(=O)OC(/C=C/CCCCCCCCCCCCC)C(COP(=O)([O-])OCC[N+](C)(C)C)NC(=O)CCCCCCC/C=C\C/C=C\C/C=C\C/C=C\CCCCC. The van der Waals surface area contributed by atoms with E-state index in [2.05, 4.69) is 135 Å². The van der Waals surface area contributed by atoms with Crippen LogP contribution in [0, 0.1) is 0 Å². The van der Waals surface area contributed by atoms with Gasteiger partial charge in [0.15, 0.2) is 0 Å². The fourth-order valence-corrected chi connectivity index (χ4v) is 9.90. The minimum Gasteiger partial charge on any atom is -0.756 e. The molecule has 0 saturated carbocycles. The Morgan fingerprint density at radius 3 is 1.18 bits per heavy atom. The Morgan fingerprint density at radius 1 is 0.434 bits per heavy atom. The summed E-state index contributed by atoms with van der Waals surface area (Å²) in [7, 11) is 1.15. The second kappa shape index (κ2) is 61.5. The number of hydrogen-bond donors (Lipinski definition) is 1. The number of carbonyl (C=O) groups excluding carboxylic acids is 2. The normalized spacial score (nSPS) is 14.3. The number of likely N-dealkylation sites (N-methyl/N-ethyl adjacent to an activating group) is 1. The summed E-state index contributed by atoms with van der Waals surface area (Å²) < 4.78 is 30.4. The maximum absolute atomic E-state index is 13.6. The predicted molar refractivity (Wildman–Crippen MR) is 357 cm³/mol. The number of ether oxygens (including phenoxy) is 1. The van der Waals surface area contributed by atoms with Crippen LogP contribution in [-0.2, 0) is 27.9 Å². The Bertz CT molecular complexity index is 1830. The van der Waals surface area contributed by atoms with E-state index in [1.165, 1.54) is 103 Å². The molecule has 0 aliphatic heterocycles. The van der Waals surface area contributed by atoms with Crippen molar-refractivity contribution in [2.75, 3.05) is 40.9 Å². The quantitative estimate of drug-likeness (QED) is 0.0212. The number of hydrogen-bond acceptors (Lipinski definition) is 7. The van der Waals surface area contributed by atoms with Gasteiger partial charge in [0, 0.05) is 12.8 Å². The first-order valence-corrected chi connectivity index (χ1v) is 35.3. The maximum atomic E-state index is 13.6. The monoisotopic (exact) mass is 1170 g/mol. The number of rotatable bonds is 60. The molecular formula is C73H127N2O7P. The number of nitrogens with zero attached hydrogens (tertiary/aromatic N) is 1. The number of phosphoric ester groups is 1. The number of carbonyl (C=O) groups is 2. The number of unbranched alkanes of at least 4 members (excludes halogenated alkanes) is 26.